The Labute approximate surface area is 212 Å². The summed E-state index contributed by atoms with van der Waals surface area (Å²) >= 11 is 0. The first-order valence-electron chi connectivity index (χ1n) is 12.0. The second kappa shape index (κ2) is 10.2. The predicted molar refractivity (Wildman–Crippen MR) is 136 cm³/mol. The highest BCUT2D eigenvalue weighted by Crippen LogP contribution is 2.23. The number of benzene rings is 3. The fourth-order valence-corrected chi connectivity index (χ4v) is 4.83. The summed E-state index contributed by atoms with van der Waals surface area (Å²) in [6.45, 7) is 0.735. The summed E-state index contributed by atoms with van der Waals surface area (Å²) in [6.07, 6.45) is -0.291. The van der Waals surface area contributed by atoms with Crippen LogP contribution in [0, 0.1) is 5.82 Å². The summed E-state index contributed by atoms with van der Waals surface area (Å²) in [5.41, 5.74) is 1.77. The number of nitrogens with one attached hydrogen (secondary N) is 1. The van der Waals surface area contributed by atoms with Gasteiger partial charge in [0, 0.05) is 31.4 Å². The summed E-state index contributed by atoms with van der Waals surface area (Å²) in [7, 11) is 0. The lowest BCUT2D eigenvalue weighted by Gasteiger charge is -2.26. The molecule has 3 aromatic carbocycles. The molecule has 2 heterocycles. The zero-order chi connectivity index (χ0) is 25.9. The van der Waals surface area contributed by atoms with E-state index in [9.17, 15) is 23.9 Å². The number of likely N-dealkylation sites (tertiary alicyclic amines) is 1. The number of carboxylic acid groups (broad SMARTS) is 1. The molecule has 1 fully saturated rings. The molecule has 1 aliphatic heterocycles. The lowest BCUT2D eigenvalue weighted by Crippen LogP contribution is -2.41. The molecule has 37 heavy (non-hydrogen) atoms. The Hall–Kier alpha value is -4.53. The number of carbonyl (C=O) groups excluding carboxylic acids is 1. The van der Waals surface area contributed by atoms with Crippen molar-refractivity contribution in [1.82, 2.24) is 20.0 Å². The topological polar surface area (TPSA) is 107 Å². The number of fused-ring (bicyclic) bond motifs is 1. The van der Waals surface area contributed by atoms with E-state index in [-0.39, 0.29) is 30.3 Å². The average molecular weight is 501 g/mol. The minimum absolute atomic E-state index is 0.0724. The first-order valence-corrected chi connectivity index (χ1v) is 12.0. The van der Waals surface area contributed by atoms with Gasteiger partial charge in [0.05, 0.1) is 22.7 Å². The summed E-state index contributed by atoms with van der Waals surface area (Å²) in [6, 6.07) is 20.3. The fourth-order valence-electron chi connectivity index (χ4n) is 4.83. The van der Waals surface area contributed by atoms with E-state index in [0.29, 0.717) is 41.4 Å². The highest BCUT2D eigenvalue weighted by atomic mass is 19.1. The third kappa shape index (κ3) is 5.06. The van der Waals surface area contributed by atoms with Crippen LogP contribution in [0.5, 0.6) is 0 Å². The minimum atomic E-state index is -1.06. The van der Waals surface area contributed by atoms with Gasteiger partial charge in [-0.25, -0.2) is 14.3 Å². The van der Waals surface area contributed by atoms with Gasteiger partial charge in [-0.3, -0.25) is 14.5 Å². The van der Waals surface area contributed by atoms with Gasteiger partial charge < -0.3 is 10.0 Å². The molecule has 4 aromatic rings. The predicted octanol–water partition coefficient (Wildman–Crippen LogP) is 4.05. The molecule has 0 saturated carbocycles. The van der Waals surface area contributed by atoms with Crippen molar-refractivity contribution in [2.75, 3.05) is 13.1 Å². The van der Waals surface area contributed by atoms with E-state index in [4.69, 9.17) is 0 Å². The van der Waals surface area contributed by atoms with Crippen molar-refractivity contribution < 1.29 is 19.1 Å². The molecule has 1 saturated heterocycles. The Morgan fingerprint density at radius 3 is 2.51 bits per heavy atom. The molecular weight excluding hydrogens is 475 g/mol. The molecule has 1 aromatic heterocycles. The Morgan fingerprint density at radius 1 is 1.03 bits per heavy atom. The van der Waals surface area contributed by atoms with Crippen LogP contribution in [0.3, 0.4) is 0 Å². The van der Waals surface area contributed by atoms with Crippen LogP contribution in [-0.2, 0) is 13.0 Å². The SMILES string of the molecule is O=C(c1cc(Cc2n[nH]c(=O)c3ccccc23)ccc1F)N1CC[C@H](N(Cc2ccccc2)C(=O)O)C1. The van der Waals surface area contributed by atoms with Crippen LogP contribution in [-0.4, -0.2) is 56.2 Å². The Kier molecular flexibility index (Phi) is 6.68. The highest BCUT2D eigenvalue weighted by Gasteiger charge is 2.34. The number of aromatic amines is 1. The molecular formula is C28H25FN4O4. The molecule has 8 nitrogen and oxygen atoms in total. The molecule has 0 radical (unpaired) electrons. The monoisotopic (exact) mass is 500 g/mol. The number of H-pyrrole nitrogens is 1. The maximum atomic E-state index is 14.8. The van der Waals surface area contributed by atoms with Crippen LogP contribution < -0.4 is 5.56 Å². The number of hydrogen-bond donors (Lipinski definition) is 2. The van der Waals surface area contributed by atoms with Crippen LogP contribution in [0.1, 0.15) is 33.6 Å². The molecule has 9 heteroatoms. The van der Waals surface area contributed by atoms with E-state index in [1.807, 2.05) is 36.4 Å². The quantitative estimate of drug-likeness (QED) is 0.416. The average Bonchev–Trinajstić information content (AvgIpc) is 3.40. The van der Waals surface area contributed by atoms with Gasteiger partial charge in [-0.05, 0) is 35.7 Å². The smallest absolute Gasteiger partial charge is 0.407 e. The van der Waals surface area contributed by atoms with Gasteiger partial charge in [-0.1, -0.05) is 54.6 Å². The van der Waals surface area contributed by atoms with Gasteiger partial charge in [0.15, 0.2) is 0 Å². The van der Waals surface area contributed by atoms with Crippen LogP contribution in [0.4, 0.5) is 9.18 Å². The number of hydrogen-bond acceptors (Lipinski definition) is 4. The molecule has 0 unspecified atom stereocenters. The molecule has 1 atom stereocenters. The Balaban J connectivity index is 1.34. The number of rotatable bonds is 6. The van der Waals surface area contributed by atoms with Gasteiger partial charge in [0.2, 0.25) is 0 Å². The number of aromatic nitrogens is 2. The highest BCUT2D eigenvalue weighted by molar-refractivity contribution is 5.95. The van der Waals surface area contributed by atoms with Crippen LogP contribution >= 0.6 is 0 Å². The normalized spacial score (nSPS) is 15.2. The van der Waals surface area contributed by atoms with Crippen molar-refractivity contribution in [2.24, 2.45) is 0 Å². The van der Waals surface area contributed by atoms with Gasteiger partial charge in [-0.15, -0.1) is 0 Å². The lowest BCUT2D eigenvalue weighted by molar-refractivity contribution is 0.0763. The van der Waals surface area contributed by atoms with Gasteiger partial charge in [0.25, 0.3) is 11.5 Å². The largest absolute Gasteiger partial charge is 0.465 e. The van der Waals surface area contributed by atoms with Crippen molar-refractivity contribution in [3.8, 4) is 0 Å². The molecule has 1 aliphatic rings. The van der Waals surface area contributed by atoms with Crippen LogP contribution in [0.2, 0.25) is 0 Å². The van der Waals surface area contributed by atoms with Crippen molar-refractivity contribution in [2.45, 2.75) is 25.4 Å². The minimum Gasteiger partial charge on any atom is -0.465 e. The summed E-state index contributed by atoms with van der Waals surface area (Å²) in [5, 5.41) is 17.6. The third-order valence-corrected chi connectivity index (χ3v) is 6.74. The van der Waals surface area contributed by atoms with Crippen molar-refractivity contribution >= 4 is 22.8 Å². The number of halogens is 1. The van der Waals surface area contributed by atoms with E-state index in [1.54, 1.807) is 24.3 Å². The maximum Gasteiger partial charge on any atom is 0.407 e. The standard InChI is InChI=1S/C28H25FN4O4/c29-24-11-10-19(15-25-21-8-4-5-9-22(21)26(34)31-30-25)14-23(24)27(35)32-13-12-20(17-32)33(28(36)37)16-18-6-2-1-3-7-18/h1-11,14,20H,12-13,15-17H2,(H,31,34)(H,36,37)/t20-/m0/s1. The summed E-state index contributed by atoms with van der Waals surface area (Å²) in [5.74, 6) is -1.12. The summed E-state index contributed by atoms with van der Waals surface area (Å²) in [4.78, 5) is 40.2. The van der Waals surface area contributed by atoms with Gasteiger partial charge >= 0.3 is 6.09 Å². The molecule has 188 valence electrons. The van der Waals surface area contributed by atoms with Crippen molar-refractivity contribution in [3.05, 3.63) is 111 Å². The molecule has 2 amide bonds. The van der Waals surface area contributed by atoms with Crippen LogP contribution in [0.25, 0.3) is 10.8 Å². The third-order valence-electron chi connectivity index (χ3n) is 6.74. The van der Waals surface area contributed by atoms with E-state index < -0.39 is 17.8 Å². The lowest BCUT2D eigenvalue weighted by atomic mass is 10.0. The van der Waals surface area contributed by atoms with E-state index in [1.165, 1.54) is 21.9 Å². The second-order valence-corrected chi connectivity index (χ2v) is 9.13. The van der Waals surface area contributed by atoms with Gasteiger partial charge in [0.1, 0.15) is 5.82 Å². The molecule has 2 N–H and O–H groups in total. The zero-order valence-corrected chi connectivity index (χ0v) is 19.9. The van der Waals surface area contributed by atoms with Crippen molar-refractivity contribution in [3.63, 3.8) is 0 Å². The Morgan fingerprint density at radius 2 is 1.76 bits per heavy atom. The molecule has 5 rings (SSSR count). The van der Waals surface area contributed by atoms with E-state index in [0.717, 1.165) is 5.56 Å². The number of carbonyl (C=O) groups is 2. The zero-order valence-electron chi connectivity index (χ0n) is 19.9. The van der Waals surface area contributed by atoms with Crippen molar-refractivity contribution in [1.29, 1.82) is 0 Å². The van der Waals surface area contributed by atoms with Crippen LogP contribution in [0.15, 0.2) is 77.6 Å². The molecule has 0 aliphatic carbocycles. The number of nitrogens with zero attached hydrogens (tertiary/aromatic N) is 3. The number of amides is 2. The van der Waals surface area contributed by atoms with Gasteiger partial charge in [-0.2, -0.15) is 5.10 Å². The summed E-state index contributed by atoms with van der Waals surface area (Å²) < 4.78 is 14.8. The first kappa shape index (κ1) is 24.2. The Bertz CT molecular complexity index is 1520. The molecule has 0 spiro atoms. The van der Waals surface area contributed by atoms with E-state index >= 15 is 0 Å². The first-order chi connectivity index (χ1) is 17.9. The van der Waals surface area contributed by atoms with E-state index in [2.05, 4.69) is 10.2 Å². The maximum absolute atomic E-state index is 14.8. The fraction of sp³-hybridized carbons (Fsp3) is 0.214. The second-order valence-electron chi connectivity index (χ2n) is 9.13. The molecule has 0 bridgehead atoms.